The zero-order valence-corrected chi connectivity index (χ0v) is 16.9. The van der Waals surface area contributed by atoms with Crippen LogP contribution in [0.4, 0.5) is 5.69 Å². The number of rotatable bonds is 9. The van der Waals surface area contributed by atoms with Crippen molar-refractivity contribution in [1.82, 2.24) is 15.2 Å². The topological polar surface area (TPSA) is 83.6 Å². The van der Waals surface area contributed by atoms with Crippen LogP contribution >= 0.6 is 0 Å². The number of benzene rings is 1. The lowest BCUT2D eigenvalue weighted by molar-refractivity contribution is 0.0947. The molecule has 0 fully saturated rings. The number of amides is 2. The van der Waals surface area contributed by atoms with E-state index in [1.807, 2.05) is 40.1 Å². The summed E-state index contributed by atoms with van der Waals surface area (Å²) in [6.45, 7) is 5.27. The maximum absolute atomic E-state index is 12.6. The van der Waals surface area contributed by atoms with E-state index in [-0.39, 0.29) is 23.4 Å². The molecule has 2 amide bonds. The maximum atomic E-state index is 12.6. The van der Waals surface area contributed by atoms with Gasteiger partial charge in [0.1, 0.15) is 17.1 Å². The Balaban J connectivity index is 2.03. The van der Waals surface area contributed by atoms with E-state index >= 15 is 0 Å². The average molecular weight is 384 g/mol. The summed E-state index contributed by atoms with van der Waals surface area (Å²) in [7, 11) is 3.96. The van der Waals surface area contributed by atoms with Crippen molar-refractivity contribution >= 4 is 17.5 Å². The molecule has 0 aliphatic rings. The van der Waals surface area contributed by atoms with Gasteiger partial charge < -0.3 is 20.3 Å². The molecular formula is C21H28N4O3. The molecule has 0 atom stereocenters. The number of ether oxygens (including phenoxy) is 1. The number of para-hydroxylation sites is 2. The number of anilines is 1. The Morgan fingerprint density at radius 2 is 1.71 bits per heavy atom. The van der Waals surface area contributed by atoms with Gasteiger partial charge in [-0.1, -0.05) is 18.2 Å². The Kier molecular flexibility index (Phi) is 7.95. The highest BCUT2D eigenvalue weighted by Crippen LogP contribution is 2.25. The molecule has 28 heavy (non-hydrogen) atoms. The molecule has 7 heteroatoms. The zero-order chi connectivity index (χ0) is 20.5. The minimum atomic E-state index is -0.401. The highest BCUT2D eigenvalue weighted by molar-refractivity contribution is 6.04. The molecule has 0 spiro atoms. The zero-order valence-electron chi connectivity index (χ0n) is 16.9. The molecule has 0 unspecified atom stereocenters. The van der Waals surface area contributed by atoms with Crippen LogP contribution in [0.1, 0.15) is 41.2 Å². The quantitative estimate of drug-likeness (QED) is 0.650. The molecule has 0 saturated carbocycles. The van der Waals surface area contributed by atoms with Crippen molar-refractivity contribution in [3.63, 3.8) is 0 Å². The second-order valence-electron chi connectivity index (χ2n) is 6.94. The Morgan fingerprint density at radius 1 is 1.04 bits per heavy atom. The summed E-state index contributed by atoms with van der Waals surface area (Å²) >= 11 is 0. The number of hydrogen-bond donors (Lipinski definition) is 2. The van der Waals surface area contributed by atoms with Gasteiger partial charge in [0.15, 0.2) is 0 Å². The Morgan fingerprint density at radius 3 is 2.39 bits per heavy atom. The summed E-state index contributed by atoms with van der Waals surface area (Å²) in [4.78, 5) is 31.1. The number of carbonyl (C=O) groups is 2. The fraction of sp³-hybridized carbons (Fsp3) is 0.381. The van der Waals surface area contributed by atoms with Crippen molar-refractivity contribution < 1.29 is 14.3 Å². The summed E-state index contributed by atoms with van der Waals surface area (Å²) < 4.78 is 5.71. The molecule has 2 aromatic rings. The van der Waals surface area contributed by atoms with Gasteiger partial charge in [-0.2, -0.15) is 0 Å². The molecular weight excluding hydrogens is 356 g/mol. The van der Waals surface area contributed by atoms with Crippen LogP contribution in [0.2, 0.25) is 0 Å². The minimum absolute atomic E-state index is 0.0179. The van der Waals surface area contributed by atoms with Crippen LogP contribution in [-0.2, 0) is 0 Å². The Bertz CT molecular complexity index is 806. The lowest BCUT2D eigenvalue weighted by atomic mass is 10.2. The summed E-state index contributed by atoms with van der Waals surface area (Å²) in [6.07, 6.45) is 0.821. The molecule has 0 aliphatic heterocycles. The highest BCUT2D eigenvalue weighted by Gasteiger charge is 2.14. The first-order valence-corrected chi connectivity index (χ1v) is 9.34. The van der Waals surface area contributed by atoms with Gasteiger partial charge in [-0.3, -0.25) is 9.59 Å². The van der Waals surface area contributed by atoms with Gasteiger partial charge >= 0.3 is 0 Å². The molecule has 150 valence electrons. The molecule has 0 radical (unpaired) electrons. The largest absolute Gasteiger partial charge is 0.489 e. The van der Waals surface area contributed by atoms with E-state index in [9.17, 15) is 9.59 Å². The molecule has 1 aromatic heterocycles. The van der Waals surface area contributed by atoms with Crippen LogP contribution in [0, 0.1) is 0 Å². The first-order valence-electron chi connectivity index (χ1n) is 9.34. The molecule has 2 N–H and O–H groups in total. The van der Waals surface area contributed by atoms with Gasteiger partial charge in [0.25, 0.3) is 11.8 Å². The summed E-state index contributed by atoms with van der Waals surface area (Å²) in [5.74, 6) is -0.111. The van der Waals surface area contributed by atoms with Gasteiger partial charge in [-0.05, 0) is 65.2 Å². The first kappa shape index (κ1) is 21.4. The van der Waals surface area contributed by atoms with E-state index in [1.165, 1.54) is 0 Å². The van der Waals surface area contributed by atoms with Gasteiger partial charge in [-0.15, -0.1) is 0 Å². The minimum Gasteiger partial charge on any atom is -0.489 e. The average Bonchev–Trinajstić information content (AvgIpc) is 2.66. The second kappa shape index (κ2) is 10.4. The third kappa shape index (κ3) is 6.66. The van der Waals surface area contributed by atoms with Crippen LogP contribution in [0.3, 0.4) is 0 Å². The highest BCUT2D eigenvalue weighted by atomic mass is 16.5. The third-order valence-electron chi connectivity index (χ3n) is 3.78. The molecule has 1 heterocycles. The van der Waals surface area contributed by atoms with E-state index in [2.05, 4.69) is 20.5 Å². The van der Waals surface area contributed by atoms with Crippen molar-refractivity contribution in [3.05, 3.63) is 53.9 Å². The summed E-state index contributed by atoms with van der Waals surface area (Å²) in [5, 5.41) is 5.62. The number of hydrogen-bond acceptors (Lipinski definition) is 5. The molecule has 0 bridgehead atoms. The fourth-order valence-electron chi connectivity index (χ4n) is 2.49. The molecule has 7 nitrogen and oxygen atoms in total. The van der Waals surface area contributed by atoms with E-state index in [1.54, 1.807) is 30.3 Å². The van der Waals surface area contributed by atoms with Crippen LogP contribution in [0.25, 0.3) is 0 Å². The van der Waals surface area contributed by atoms with E-state index < -0.39 is 5.91 Å². The Hall–Kier alpha value is -2.93. The lowest BCUT2D eigenvalue weighted by Crippen LogP contribution is -2.28. The number of aromatic nitrogens is 1. The predicted molar refractivity (Wildman–Crippen MR) is 110 cm³/mol. The van der Waals surface area contributed by atoms with E-state index in [4.69, 9.17) is 4.74 Å². The van der Waals surface area contributed by atoms with Crippen LogP contribution in [0.5, 0.6) is 5.75 Å². The van der Waals surface area contributed by atoms with Gasteiger partial charge in [0.2, 0.25) is 0 Å². The molecule has 0 saturated heterocycles. The van der Waals surface area contributed by atoms with Gasteiger partial charge in [0.05, 0.1) is 11.8 Å². The fourth-order valence-corrected chi connectivity index (χ4v) is 2.49. The second-order valence-corrected chi connectivity index (χ2v) is 6.94. The monoisotopic (exact) mass is 384 g/mol. The van der Waals surface area contributed by atoms with Crippen molar-refractivity contribution in [3.8, 4) is 5.75 Å². The van der Waals surface area contributed by atoms with Crippen molar-refractivity contribution in [2.75, 3.05) is 32.5 Å². The standard InChI is InChI=1S/C21H28N4O3/c1-15(2)28-19-12-6-5-9-16(19)24-21(27)18-11-7-10-17(23-18)20(26)22-13-8-14-25(3)4/h5-7,9-12,15H,8,13-14H2,1-4H3,(H,22,26)(H,24,27). The third-order valence-corrected chi connectivity index (χ3v) is 3.78. The van der Waals surface area contributed by atoms with E-state index in [0.717, 1.165) is 13.0 Å². The smallest absolute Gasteiger partial charge is 0.274 e. The van der Waals surface area contributed by atoms with Crippen molar-refractivity contribution in [2.45, 2.75) is 26.4 Å². The first-order chi connectivity index (χ1) is 13.4. The van der Waals surface area contributed by atoms with Crippen LogP contribution in [0.15, 0.2) is 42.5 Å². The SMILES string of the molecule is CC(C)Oc1ccccc1NC(=O)c1cccc(C(=O)NCCCN(C)C)n1. The Labute approximate surface area is 166 Å². The molecule has 2 rings (SSSR count). The molecule has 1 aromatic carbocycles. The predicted octanol–water partition coefficient (Wildman–Crippen LogP) is 2.80. The number of pyridine rings is 1. The maximum Gasteiger partial charge on any atom is 0.274 e. The number of nitrogens with zero attached hydrogens (tertiary/aromatic N) is 2. The lowest BCUT2D eigenvalue weighted by Gasteiger charge is -2.14. The van der Waals surface area contributed by atoms with Crippen molar-refractivity contribution in [1.29, 1.82) is 0 Å². The van der Waals surface area contributed by atoms with Crippen LogP contribution < -0.4 is 15.4 Å². The van der Waals surface area contributed by atoms with E-state index in [0.29, 0.717) is 18.0 Å². The van der Waals surface area contributed by atoms with Crippen LogP contribution in [-0.4, -0.2) is 55.0 Å². The molecule has 0 aliphatic carbocycles. The van der Waals surface area contributed by atoms with Gasteiger partial charge in [0, 0.05) is 6.54 Å². The van der Waals surface area contributed by atoms with Crippen molar-refractivity contribution in [2.24, 2.45) is 0 Å². The summed E-state index contributed by atoms with van der Waals surface area (Å²) in [5.41, 5.74) is 0.936. The summed E-state index contributed by atoms with van der Waals surface area (Å²) in [6, 6.07) is 12.0. The van der Waals surface area contributed by atoms with Gasteiger partial charge in [-0.25, -0.2) is 4.98 Å². The normalized spacial score (nSPS) is 10.8. The number of nitrogens with one attached hydrogen (secondary N) is 2. The number of carbonyl (C=O) groups excluding carboxylic acids is 2.